The molecule has 0 fully saturated rings. The molecule has 1 unspecified atom stereocenters. The maximum absolute atomic E-state index is 2.41. The van der Waals surface area contributed by atoms with Crippen LogP contribution in [0.25, 0.3) is 0 Å². The zero-order chi connectivity index (χ0) is 6.69. The van der Waals surface area contributed by atoms with Gasteiger partial charge in [0.25, 0.3) is 0 Å². The van der Waals surface area contributed by atoms with E-state index in [1.807, 2.05) is 5.86 Å². The Morgan fingerprint density at radius 1 is 1.44 bits per heavy atom. The van der Waals surface area contributed by atoms with E-state index in [2.05, 4.69) is 55.3 Å². The standard InChI is InChI=1S/C6H7B2I/c1-5(9)6-2-7-4-8-3-6/h2-5H,1H3. The van der Waals surface area contributed by atoms with Gasteiger partial charge < -0.3 is 0 Å². The molecule has 44 valence electrons. The summed E-state index contributed by atoms with van der Waals surface area (Å²) in [6, 6.07) is 0. The zero-order valence-electron chi connectivity index (χ0n) is 5.34. The van der Waals surface area contributed by atoms with Crippen LogP contribution in [-0.2, 0) is 0 Å². The normalized spacial score (nSPS) is 12.2. The van der Waals surface area contributed by atoms with Crippen molar-refractivity contribution < 1.29 is 0 Å². The van der Waals surface area contributed by atoms with Crippen molar-refractivity contribution in [3.05, 3.63) is 23.3 Å². The quantitative estimate of drug-likeness (QED) is 0.508. The summed E-state index contributed by atoms with van der Waals surface area (Å²) in [6.07, 6.45) is 0. The van der Waals surface area contributed by atoms with E-state index in [9.17, 15) is 0 Å². The molecule has 0 saturated carbocycles. The van der Waals surface area contributed by atoms with Gasteiger partial charge in [0.15, 0.2) is 0 Å². The van der Waals surface area contributed by atoms with Crippen LogP contribution in [0.3, 0.4) is 0 Å². The van der Waals surface area contributed by atoms with Crippen LogP contribution in [0.1, 0.15) is 16.4 Å². The number of hydrogen-bond acceptors (Lipinski definition) is 0. The Bertz CT molecular complexity index is 174. The minimum absolute atomic E-state index is 0.629. The van der Waals surface area contributed by atoms with Gasteiger partial charge in [0.2, 0.25) is 0 Å². The van der Waals surface area contributed by atoms with Gasteiger partial charge in [-0.25, -0.2) is 0 Å². The van der Waals surface area contributed by atoms with Crippen LogP contribution >= 0.6 is 22.6 Å². The summed E-state index contributed by atoms with van der Waals surface area (Å²) < 4.78 is 0.629. The van der Waals surface area contributed by atoms with E-state index >= 15 is 0 Å². The molecule has 0 nitrogen and oxygen atoms in total. The van der Waals surface area contributed by atoms with Gasteiger partial charge >= 0.3 is 70.6 Å². The Kier molecular flexibility index (Phi) is 2.89. The zero-order valence-corrected chi connectivity index (χ0v) is 7.50. The first-order valence-corrected chi connectivity index (χ1v) is 4.24. The van der Waals surface area contributed by atoms with Gasteiger partial charge in [0, 0.05) is 0 Å². The van der Waals surface area contributed by atoms with Gasteiger partial charge in [-0.05, 0) is 0 Å². The number of alkyl halides is 1. The first-order chi connectivity index (χ1) is 4.30. The average Bonchev–Trinajstić information content (AvgIpc) is 1.90. The third kappa shape index (κ3) is 2.20. The summed E-state index contributed by atoms with van der Waals surface area (Å²) in [7, 11) is 0. The van der Waals surface area contributed by atoms with Gasteiger partial charge in [-0.3, -0.25) is 0 Å². The van der Waals surface area contributed by atoms with E-state index in [4.69, 9.17) is 0 Å². The van der Waals surface area contributed by atoms with Crippen molar-refractivity contribution in [3.63, 3.8) is 0 Å². The fourth-order valence-electron chi connectivity index (χ4n) is 0.718. The molecule has 0 aliphatic carbocycles. The Labute approximate surface area is 70.6 Å². The first-order valence-electron chi connectivity index (χ1n) is 2.99. The molecule has 1 heterocycles. The molecule has 0 aromatic carbocycles. The van der Waals surface area contributed by atoms with Crippen molar-refractivity contribution in [3.8, 4) is 0 Å². The van der Waals surface area contributed by atoms with Gasteiger partial charge in [-0.2, -0.15) is 0 Å². The fraction of sp³-hybridized carbons (Fsp3) is 0.333. The molecular formula is C6H7B2I. The molecular weight excluding hydrogens is 221 g/mol. The molecule has 0 radical (unpaired) electrons. The van der Waals surface area contributed by atoms with Crippen LogP contribution in [0.5, 0.6) is 0 Å². The number of rotatable bonds is 1. The predicted octanol–water partition coefficient (Wildman–Crippen LogP) is 1.86. The Morgan fingerprint density at radius 2 is 2.00 bits per heavy atom. The van der Waals surface area contributed by atoms with Gasteiger partial charge in [0.1, 0.15) is 0 Å². The first kappa shape index (κ1) is 7.45. The SMILES string of the molecule is CC(I)c1cbcbc1. The third-order valence-electron chi connectivity index (χ3n) is 1.26. The molecule has 3 heteroatoms. The molecule has 9 heavy (non-hydrogen) atoms. The van der Waals surface area contributed by atoms with Crippen molar-refractivity contribution in [1.29, 1.82) is 0 Å². The molecule has 0 N–H and O–H groups in total. The fourth-order valence-corrected chi connectivity index (χ4v) is 1.13. The summed E-state index contributed by atoms with van der Waals surface area (Å²) in [4.78, 5) is 0. The monoisotopic (exact) mass is 228 g/mol. The van der Waals surface area contributed by atoms with E-state index in [0.29, 0.717) is 3.92 Å². The van der Waals surface area contributed by atoms with Gasteiger partial charge in [-0.15, -0.1) is 0 Å². The van der Waals surface area contributed by atoms with Gasteiger partial charge in [-0.1, -0.05) is 0 Å². The molecule has 0 saturated heterocycles. The summed E-state index contributed by atoms with van der Waals surface area (Å²) in [5.41, 5.74) is 1.40. The molecule has 1 aromatic heterocycles. The number of halogens is 1. The van der Waals surface area contributed by atoms with Crippen molar-refractivity contribution in [2.24, 2.45) is 0 Å². The Morgan fingerprint density at radius 3 is 2.33 bits per heavy atom. The van der Waals surface area contributed by atoms with E-state index in [1.165, 1.54) is 5.56 Å². The number of hydrogen-bond donors (Lipinski definition) is 0. The van der Waals surface area contributed by atoms with E-state index in [0.717, 1.165) is 0 Å². The van der Waals surface area contributed by atoms with E-state index < -0.39 is 0 Å². The Balaban J connectivity index is 2.85. The molecule has 0 aliphatic heterocycles. The molecule has 1 aromatic rings. The average molecular weight is 228 g/mol. The topological polar surface area (TPSA) is 0 Å². The predicted molar refractivity (Wildman–Crippen MR) is 51.6 cm³/mol. The minimum atomic E-state index is 0.629. The summed E-state index contributed by atoms with van der Waals surface area (Å²) in [5, 5.41) is 0. The summed E-state index contributed by atoms with van der Waals surface area (Å²) in [6.45, 7) is 6.34. The van der Waals surface area contributed by atoms with Gasteiger partial charge in [0.05, 0.1) is 0 Å². The van der Waals surface area contributed by atoms with Crippen molar-refractivity contribution in [2.75, 3.05) is 0 Å². The maximum atomic E-state index is 2.41. The van der Waals surface area contributed by atoms with Crippen LogP contribution in [0.15, 0.2) is 17.8 Å². The van der Waals surface area contributed by atoms with Crippen LogP contribution in [-0.4, -0.2) is 13.8 Å². The second-order valence-electron chi connectivity index (χ2n) is 2.03. The molecule has 0 aliphatic rings. The van der Waals surface area contributed by atoms with Crippen LogP contribution in [0, 0.1) is 0 Å². The second-order valence-corrected chi connectivity index (χ2v) is 3.90. The van der Waals surface area contributed by atoms with Crippen molar-refractivity contribution in [2.45, 2.75) is 10.8 Å². The van der Waals surface area contributed by atoms with E-state index in [-0.39, 0.29) is 0 Å². The summed E-state index contributed by atoms with van der Waals surface area (Å²) >= 11 is 2.41. The summed E-state index contributed by atoms with van der Waals surface area (Å²) in [5.74, 6) is 6.34. The van der Waals surface area contributed by atoms with Crippen LogP contribution in [0.2, 0.25) is 0 Å². The Hall–Kier alpha value is 0.340. The molecule has 1 atom stereocenters. The third-order valence-corrected chi connectivity index (χ3v) is 1.98. The molecule has 0 amide bonds. The second kappa shape index (κ2) is 3.49. The van der Waals surface area contributed by atoms with Crippen LogP contribution in [0.4, 0.5) is 0 Å². The van der Waals surface area contributed by atoms with Crippen molar-refractivity contribution in [1.82, 2.24) is 0 Å². The molecule has 0 spiro atoms. The molecule has 1 rings (SSSR count). The van der Waals surface area contributed by atoms with Crippen molar-refractivity contribution >= 4 is 36.4 Å². The van der Waals surface area contributed by atoms with Crippen LogP contribution < -0.4 is 0 Å². The van der Waals surface area contributed by atoms with E-state index in [1.54, 1.807) is 0 Å². The molecule has 0 bridgehead atoms.